The maximum Gasteiger partial charge on any atom is 0.257 e. The molecule has 9 heteroatoms. The van der Waals surface area contributed by atoms with Crippen LogP contribution >= 0.6 is 11.6 Å². The Kier molecular flexibility index (Phi) is 8.67. The third-order valence-corrected chi connectivity index (χ3v) is 7.57. The highest BCUT2D eigenvalue weighted by Gasteiger charge is 2.39. The Labute approximate surface area is 238 Å². The van der Waals surface area contributed by atoms with Gasteiger partial charge in [0, 0.05) is 24.3 Å². The Morgan fingerprint density at radius 3 is 2.52 bits per heavy atom. The molecule has 2 aliphatic heterocycles. The summed E-state index contributed by atoms with van der Waals surface area (Å²) < 4.78 is 12.3. The van der Waals surface area contributed by atoms with Crippen molar-refractivity contribution >= 4 is 35.0 Å². The predicted molar refractivity (Wildman–Crippen MR) is 152 cm³/mol. The van der Waals surface area contributed by atoms with Crippen LogP contribution in [-0.4, -0.2) is 54.5 Å². The number of amides is 3. The standard InChI is InChI=1S/C31H32ClN3O5/c1-35-26-13-12-24(17-29(36)33-18-21-7-9-22(32)10-8-21)40-28(26)19-39-27-14-11-23(16-25(27)31(35)38)34-30(37)15-20-5-3-2-4-6-20/h2-11,14,16,24,26,28H,12-13,15,17-19H2,1H3,(H,33,36)(H,34,37)/t24-,26+,28+/m1/s1. The van der Waals surface area contributed by atoms with Crippen LogP contribution in [0.25, 0.3) is 0 Å². The van der Waals surface area contributed by atoms with Crippen molar-refractivity contribution in [3.63, 3.8) is 0 Å². The molecule has 5 rings (SSSR count). The van der Waals surface area contributed by atoms with Crippen molar-refractivity contribution < 1.29 is 23.9 Å². The fraction of sp³-hybridized carbons (Fsp3) is 0.323. The first-order valence-corrected chi connectivity index (χ1v) is 13.8. The van der Waals surface area contributed by atoms with Gasteiger partial charge >= 0.3 is 0 Å². The van der Waals surface area contributed by atoms with E-state index in [1.165, 1.54) is 0 Å². The zero-order chi connectivity index (χ0) is 28.1. The summed E-state index contributed by atoms with van der Waals surface area (Å²) in [5, 5.41) is 6.47. The molecule has 0 saturated carbocycles. The van der Waals surface area contributed by atoms with Crippen molar-refractivity contribution in [2.45, 2.75) is 50.5 Å². The van der Waals surface area contributed by atoms with E-state index < -0.39 is 0 Å². The monoisotopic (exact) mass is 561 g/mol. The summed E-state index contributed by atoms with van der Waals surface area (Å²) >= 11 is 5.92. The van der Waals surface area contributed by atoms with Crippen LogP contribution in [0.15, 0.2) is 72.8 Å². The molecule has 0 bridgehead atoms. The lowest BCUT2D eigenvalue weighted by Crippen LogP contribution is -2.53. The lowest BCUT2D eigenvalue weighted by Gasteiger charge is -2.42. The molecule has 3 atom stereocenters. The molecule has 1 fully saturated rings. The number of hydrogen-bond acceptors (Lipinski definition) is 5. The number of hydrogen-bond donors (Lipinski definition) is 2. The Morgan fingerprint density at radius 1 is 0.975 bits per heavy atom. The summed E-state index contributed by atoms with van der Waals surface area (Å²) in [6, 6.07) is 21.7. The summed E-state index contributed by atoms with van der Waals surface area (Å²) in [5.41, 5.74) is 2.80. The number of likely N-dealkylation sites (N-methyl/N-ethyl adjacent to an activating group) is 1. The molecule has 0 aromatic heterocycles. The van der Waals surface area contributed by atoms with Crippen molar-refractivity contribution in [1.29, 1.82) is 0 Å². The van der Waals surface area contributed by atoms with Crippen LogP contribution in [0.1, 0.15) is 40.7 Å². The van der Waals surface area contributed by atoms with Gasteiger partial charge in [0.25, 0.3) is 5.91 Å². The lowest BCUT2D eigenvalue weighted by molar-refractivity contribution is -0.134. The number of fused-ring (bicyclic) bond motifs is 2. The van der Waals surface area contributed by atoms with E-state index in [4.69, 9.17) is 21.1 Å². The molecular weight excluding hydrogens is 530 g/mol. The summed E-state index contributed by atoms with van der Waals surface area (Å²) in [6.07, 6.45) is 1.18. The van der Waals surface area contributed by atoms with E-state index in [1.807, 2.05) is 42.5 Å². The molecule has 1 saturated heterocycles. The van der Waals surface area contributed by atoms with Gasteiger partial charge in [-0.15, -0.1) is 0 Å². The first-order chi connectivity index (χ1) is 19.4. The van der Waals surface area contributed by atoms with E-state index in [9.17, 15) is 14.4 Å². The van der Waals surface area contributed by atoms with E-state index in [1.54, 1.807) is 42.3 Å². The molecule has 3 aromatic carbocycles. The topological polar surface area (TPSA) is 97.0 Å². The maximum atomic E-state index is 13.5. The third kappa shape index (κ3) is 6.81. The number of rotatable bonds is 7. The predicted octanol–water partition coefficient (Wildman–Crippen LogP) is 4.61. The number of nitrogens with one attached hydrogen (secondary N) is 2. The number of halogens is 1. The smallest absolute Gasteiger partial charge is 0.257 e. The Hall–Kier alpha value is -3.88. The van der Waals surface area contributed by atoms with E-state index in [0.717, 1.165) is 11.1 Å². The van der Waals surface area contributed by atoms with Crippen molar-refractivity contribution in [3.8, 4) is 5.75 Å². The first kappa shape index (κ1) is 27.7. The second-order valence-corrected chi connectivity index (χ2v) is 10.6. The molecule has 40 heavy (non-hydrogen) atoms. The molecule has 8 nitrogen and oxygen atoms in total. The van der Waals surface area contributed by atoms with Crippen molar-refractivity contribution in [1.82, 2.24) is 10.2 Å². The fourth-order valence-corrected chi connectivity index (χ4v) is 5.30. The van der Waals surface area contributed by atoms with Gasteiger partial charge in [-0.05, 0) is 54.3 Å². The van der Waals surface area contributed by atoms with Gasteiger partial charge in [0.05, 0.1) is 30.6 Å². The Bertz CT molecular complexity index is 1370. The third-order valence-electron chi connectivity index (χ3n) is 7.32. The van der Waals surface area contributed by atoms with Gasteiger partial charge in [-0.25, -0.2) is 0 Å². The normalized spacial score (nSPS) is 20.3. The molecule has 2 heterocycles. The zero-order valence-electron chi connectivity index (χ0n) is 22.3. The van der Waals surface area contributed by atoms with Crippen LogP contribution in [0, 0.1) is 0 Å². The summed E-state index contributed by atoms with van der Waals surface area (Å²) in [4.78, 5) is 40.3. The maximum absolute atomic E-state index is 13.5. The van der Waals surface area contributed by atoms with Gasteiger partial charge in [-0.2, -0.15) is 0 Å². The van der Waals surface area contributed by atoms with Crippen molar-refractivity contribution in [3.05, 3.63) is 94.5 Å². The van der Waals surface area contributed by atoms with E-state index >= 15 is 0 Å². The highest BCUT2D eigenvalue weighted by Crippen LogP contribution is 2.32. The molecular formula is C31H32ClN3O5. The second-order valence-electron chi connectivity index (χ2n) is 10.2. The van der Waals surface area contributed by atoms with Gasteiger partial charge < -0.3 is 25.0 Å². The zero-order valence-corrected chi connectivity index (χ0v) is 23.0. The number of nitrogens with zero attached hydrogens (tertiary/aromatic N) is 1. The fourth-order valence-electron chi connectivity index (χ4n) is 5.17. The van der Waals surface area contributed by atoms with Crippen LogP contribution in [0.4, 0.5) is 5.69 Å². The van der Waals surface area contributed by atoms with Gasteiger partial charge in [0.1, 0.15) is 18.5 Å². The molecule has 2 aliphatic rings. The van der Waals surface area contributed by atoms with Crippen LogP contribution in [0.2, 0.25) is 5.02 Å². The van der Waals surface area contributed by atoms with E-state index in [2.05, 4.69) is 10.6 Å². The van der Waals surface area contributed by atoms with Crippen LogP contribution in [0.5, 0.6) is 5.75 Å². The van der Waals surface area contributed by atoms with E-state index in [0.29, 0.717) is 41.4 Å². The van der Waals surface area contributed by atoms with Gasteiger partial charge in [0.15, 0.2) is 0 Å². The average Bonchev–Trinajstić information content (AvgIpc) is 2.95. The molecule has 0 aliphatic carbocycles. The SMILES string of the molecule is CN1C(=O)c2cc(NC(=O)Cc3ccccc3)ccc2OC[C@@H]2O[C@@H](CC(=O)NCc3ccc(Cl)cc3)CC[C@@H]21. The first-order valence-electron chi connectivity index (χ1n) is 13.4. The van der Waals surface area contributed by atoms with Crippen molar-refractivity contribution in [2.24, 2.45) is 0 Å². The molecule has 3 aromatic rings. The summed E-state index contributed by atoms with van der Waals surface area (Å²) in [6.45, 7) is 0.665. The second kappa shape index (κ2) is 12.5. The minimum absolute atomic E-state index is 0.0956. The molecule has 3 amide bonds. The minimum Gasteiger partial charge on any atom is -0.490 e. The summed E-state index contributed by atoms with van der Waals surface area (Å²) in [5.74, 6) is -0.0288. The molecule has 0 radical (unpaired) electrons. The van der Waals surface area contributed by atoms with Crippen LogP contribution in [-0.2, 0) is 27.3 Å². The number of carbonyl (C=O) groups is 3. The number of ether oxygens (including phenoxy) is 2. The molecule has 0 spiro atoms. The van der Waals surface area contributed by atoms with E-state index in [-0.39, 0.29) is 55.4 Å². The van der Waals surface area contributed by atoms with Gasteiger partial charge in [-0.1, -0.05) is 54.1 Å². The van der Waals surface area contributed by atoms with Crippen LogP contribution < -0.4 is 15.4 Å². The molecule has 0 unspecified atom stereocenters. The number of anilines is 1. The number of carbonyl (C=O) groups excluding carboxylic acids is 3. The average molecular weight is 562 g/mol. The largest absolute Gasteiger partial charge is 0.490 e. The van der Waals surface area contributed by atoms with Gasteiger partial charge in [-0.3, -0.25) is 14.4 Å². The highest BCUT2D eigenvalue weighted by atomic mass is 35.5. The quantitative estimate of drug-likeness (QED) is 0.439. The number of benzene rings is 3. The van der Waals surface area contributed by atoms with Crippen LogP contribution in [0.3, 0.4) is 0 Å². The van der Waals surface area contributed by atoms with Crippen molar-refractivity contribution in [2.75, 3.05) is 19.0 Å². The summed E-state index contributed by atoms with van der Waals surface area (Å²) in [7, 11) is 1.76. The molecule has 208 valence electrons. The lowest BCUT2D eigenvalue weighted by atomic mass is 9.94. The minimum atomic E-state index is -0.366. The Morgan fingerprint density at radius 2 is 1.75 bits per heavy atom. The highest BCUT2D eigenvalue weighted by molar-refractivity contribution is 6.30. The van der Waals surface area contributed by atoms with Gasteiger partial charge in [0.2, 0.25) is 11.8 Å². The molecule has 2 N–H and O–H groups in total. The Balaban J connectivity index is 1.19.